The van der Waals surface area contributed by atoms with Crippen molar-refractivity contribution in [1.29, 1.82) is 0 Å². The van der Waals surface area contributed by atoms with Gasteiger partial charge in [-0.05, 0) is 88.6 Å². The Hall–Kier alpha value is -2.35. The summed E-state index contributed by atoms with van der Waals surface area (Å²) in [7, 11) is 4.20. The van der Waals surface area contributed by atoms with Crippen molar-refractivity contribution >= 4 is 18.0 Å². The Morgan fingerprint density at radius 3 is 1.48 bits per heavy atom. The van der Waals surface area contributed by atoms with Gasteiger partial charge in [0.25, 0.3) is 0 Å². The first-order valence-corrected chi connectivity index (χ1v) is 23.0. The van der Waals surface area contributed by atoms with Gasteiger partial charge in [-0.2, -0.15) is 0 Å². The number of nitrogens with zero attached hydrogens (tertiary/aromatic N) is 1. The summed E-state index contributed by atoms with van der Waals surface area (Å²) in [5, 5.41) is 3.09. The molecule has 0 aromatic heterocycles. The van der Waals surface area contributed by atoms with Crippen LogP contribution in [0.1, 0.15) is 202 Å². The zero-order valence-corrected chi connectivity index (χ0v) is 38.0. The third-order valence-corrected chi connectivity index (χ3v) is 10.3. The van der Waals surface area contributed by atoms with Crippen molar-refractivity contribution in [1.82, 2.24) is 10.2 Å². The monoisotopic (exact) mass is 791 g/mol. The molecule has 0 atom stereocenters. The molecule has 1 amide bonds. The van der Waals surface area contributed by atoms with Crippen LogP contribution in [0.3, 0.4) is 0 Å². The van der Waals surface area contributed by atoms with E-state index in [0.717, 1.165) is 103 Å². The van der Waals surface area contributed by atoms with Crippen molar-refractivity contribution in [3.8, 4) is 0 Å². The summed E-state index contributed by atoms with van der Waals surface area (Å²) < 4.78 is 16.5. The maximum absolute atomic E-state index is 12.8. The van der Waals surface area contributed by atoms with Crippen LogP contribution in [0, 0.1) is 16.7 Å². The Kier molecular flexibility index (Phi) is 34.3. The molecule has 1 N–H and O–H groups in total. The highest BCUT2D eigenvalue weighted by Gasteiger charge is 2.30. The molecule has 56 heavy (non-hydrogen) atoms. The number of carbonyl (C=O) groups excluding carboxylic acids is 3. The molecular weight excluding hydrogens is 701 g/mol. The summed E-state index contributed by atoms with van der Waals surface area (Å²) in [6.07, 6.45) is 34.5. The molecule has 0 spiro atoms. The van der Waals surface area contributed by atoms with Gasteiger partial charge in [-0.1, -0.05) is 156 Å². The van der Waals surface area contributed by atoms with Gasteiger partial charge in [0, 0.05) is 25.9 Å². The van der Waals surface area contributed by atoms with Crippen molar-refractivity contribution in [2.24, 2.45) is 16.7 Å². The van der Waals surface area contributed by atoms with Gasteiger partial charge < -0.3 is 24.4 Å². The topological polar surface area (TPSA) is 94.2 Å². The van der Waals surface area contributed by atoms with Gasteiger partial charge in [-0.3, -0.25) is 9.59 Å². The van der Waals surface area contributed by atoms with Gasteiger partial charge in [0.05, 0.1) is 6.61 Å². The molecule has 0 aromatic carbocycles. The number of carbonyl (C=O) groups is 3. The third kappa shape index (κ3) is 37.2. The van der Waals surface area contributed by atoms with Crippen LogP contribution in [0.4, 0.5) is 4.79 Å². The Balaban J connectivity index is 4.54. The van der Waals surface area contributed by atoms with E-state index in [1.165, 1.54) is 51.4 Å². The predicted molar refractivity (Wildman–Crippen MR) is 236 cm³/mol. The smallest absolute Gasteiger partial charge is 0.407 e. The number of unbranched alkanes of at least 4 members (excludes halogenated alkanes) is 16. The third-order valence-electron chi connectivity index (χ3n) is 10.3. The summed E-state index contributed by atoms with van der Waals surface area (Å²) in [4.78, 5) is 39.2. The number of allylic oxidation sites excluding steroid dienone is 2. The first-order valence-electron chi connectivity index (χ1n) is 23.0. The molecule has 0 fully saturated rings. The van der Waals surface area contributed by atoms with Gasteiger partial charge in [0.1, 0.15) is 13.2 Å². The molecule has 328 valence electrons. The zero-order valence-electron chi connectivity index (χ0n) is 38.0. The van der Waals surface area contributed by atoms with Crippen molar-refractivity contribution in [3.05, 3.63) is 24.3 Å². The summed E-state index contributed by atoms with van der Waals surface area (Å²) in [5.41, 5.74) is 0.0125. The van der Waals surface area contributed by atoms with Crippen LogP contribution in [-0.2, 0) is 23.8 Å². The van der Waals surface area contributed by atoms with Crippen molar-refractivity contribution in [3.63, 3.8) is 0 Å². The van der Waals surface area contributed by atoms with Gasteiger partial charge in [0.15, 0.2) is 0 Å². The van der Waals surface area contributed by atoms with Gasteiger partial charge in [-0.15, -0.1) is 0 Å². The summed E-state index contributed by atoms with van der Waals surface area (Å²) in [6, 6.07) is 0. The van der Waals surface area contributed by atoms with E-state index in [4.69, 9.17) is 14.2 Å². The summed E-state index contributed by atoms with van der Waals surface area (Å²) in [5.74, 6) is 0.199. The number of ether oxygens (including phenoxy) is 3. The molecule has 0 aromatic rings. The molecule has 8 nitrogen and oxygen atoms in total. The maximum Gasteiger partial charge on any atom is 0.407 e. The molecule has 0 bridgehead atoms. The van der Waals surface area contributed by atoms with Crippen LogP contribution in [0.5, 0.6) is 0 Å². The minimum absolute atomic E-state index is 0.101. The summed E-state index contributed by atoms with van der Waals surface area (Å²) in [6.45, 7) is 16.1. The molecule has 0 aliphatic carbocycles. The number of esters is 2. The first-order chi connectivity index (χ1) is 26.8. The van der Waals surface area contributed by atoms with Gasteiger partial charge >= 0.3 is 18.0 Å². The first kappa shape index (κ1) is 53.6. The fourth-order valence-electron chi connectivity index (χ4n) is 7.79. The van der Waals surface area contributed by atoms with Crippen molar-refractivity contribution in [2.45, 2.75) is 202 Å². The molecule has 8 heteroatoms. The van der Waals surface area contributed by atoms with Gasteiger partial charge in [-0.25, -0.2) is 4.79 Å². The van der Waals surface area contributed by atoms with Crippen LogP contribution >= 0.6 is 0 Å². The second-order valence-electron chi connectivity index (χ2n) is 18.2. The van der Waals surface area contributed by atoms with E-state index in [0.29, 0.717) is 45.1 Å². The van der Waals surface area contributed by atoms with Crippen LogP contribution in [-0.4, -0.2) is 69.9 Å². The zero-order chi connectivity index (χ0) is 41.8. The molecule has 0 unspecified atom stereocenters. The van der Waals surface area contributed by atoms with E-state index in [1.807, 2.05) is 12.2 Å². The Labute approximate surface area is 346 Å². The van der Waals surface area contributed by atoms with Crippen LogP contribution in [0.2, 0.25) is 0 Å². The lowest BCUT2D eigenvalue weighted by molar-refractivity contribution is -0.143. The molecule has 0 aliphatic rings. The summed E-state index contributed by atoms with van der Waals surface area (Å²) >= 11 is 0. The molecule has 0 aliphatic heterocycles. The second kappa shape index (κ2) is 35.8. The predicted octanol–water partition coefficient (Wildman–Crippen LogP) is 12.9. The number of rotatable bonds is 38. The normalized spacial score (nSPS) is 12.3. The fourth-order valence-corrected chi connectivity index (χ4v) is 7.79. The standard InChI is InChI=1S/C48H90N2O6/c1-9-11-13-15-17-25-31-37-54-44(51)35-29-23-19-21-27-33-43(39-49-46(53)56-42-48(5,6)40-47(3,4)41-50(7)8)34-28-22-20-24-30-36-45(52)55-38-32-26-18-16-14-12-10-2/h25-26,31-32,43H,9-24,27-30,33-42H2,1-8H3,(H,49,53)/b31-25-,32-26-. The van der Waals surface area contributed by atoms with Crippen molar-refractivity contribution < 1.29 is 28.6 Å². The minimum atomic E-state index is -0.322. The number of amides is 1. The average Bonchev–Trinajstić information content (AvgIpc) is 3.12. The molecular formula is C48H90N2O6. The maximum atomic E-state index is 12.8. The molecule has 0 saturated carbocycles. The quantitative estimate of drug-likeness (QED) is 0.0288. The molecule has 0 saturated heterocycles. The van der Waals surface area contributed by atoms with Crippen LogP contribution in [0.15, 0.2) is 24.3 Å². The van der Waals surface area contributed by atoms with Crippen LogP contribution < -0.4 is 5.32 Å². The highest BCUT2D eigenvalue weighted by Crippen LogP contribution is 2.34. The SMILES string of the molecule is CCCCCC/C=C\COC(=O)CCCCCCCC(CCCCCCCC(=O)OC/C=C\CCCCCC)CNC(=O)OCC(C)(C)CC(C)(C)CN(C)C. The lowest BCUT2D eigenvalue weighted by Gasteiger charge is -2.36. The van der Waals surface area contributed by atoms with E-state index in [-0.39, 0.29) is 28.9 Å². The molecule has 0 radical (unpaired) electrons. The largest absolute Gasteiger partial charge is 0.461 e. The Bertz CT molecular complexity index is 969. The van der Waals surface area contributed by atoms with Crippen LogP contribution in [0.25, 0.3) is 0 Å². The molecule has 0 rings (SSSR count). The number of nitrogens with one attached hydrogen (secondary N) is 1. The van der Waals surface area contributed by atoms with Gasteiger partial charge in [0.2, 0.25) is 0 Å². The van der Waals surface area contributed by atoms with E-state index >= 15 is 0 Å². The Morgan fingerprint density at radius 1 is 0.571 bits per heavy atom. The minimum Gasteiger partial charge on any atom is -0.461 e. The lowest BCUT2D eigenvalue weighted by atomic mass is 9.75. The Morgan fingerprint density at radius 2 is 1.02 bits per heavy atom. The lowest BCUT2D eigenvalue weighted by Crippen LogP contribution is -2.37. The van der Waals surface area contributed by atoms with E-state index < -0.39 is 0 Å². The van der Waals surface area contributed by atoms with Crippen molar-refractivity contribution in [2.75, 3.05) is 47.0 Å². The molecule has 0 heterocycles. The van der Waals surface area contributed by atoms with E-state index in [1.54, 1.807) is 0 Å². The fraction of sp³-hybridized carbons (Fsp3) is 0.854. The highest BCUT2D eigenvalue weighted by molar-refractivity contribution is 5.69. The average molecular weight is 791 g/mol. The number of hydrogen-bond acceptors (Lipinski definition) is 7. The van der Waals surface area contributed by atoms with E-state index in [2.05, 4.69) is 78.0 Å². The highest BCUT2D eigenvalue weighted by atomic mass is 16.5. The number of hydrogen-bond donors (Lipinski definition) is 1. The number of alkyl carbamates (subject to hydrolysis) is 1. The second-order valence-corrected chi connectivity index (χ2v) is 18.2. The van der Waals surface area contributed by atoms with E-state index in [9.17, 15) is 14.4 Å².